The second kappa shape index (κ2) is 6.78. The van der Waals surface area contributed by atoms with Gasteiger partial charge in [0, 0.05) is 29.4 Å². The van der Waals surface area contributed by atoms with Crippen molar-refractivity contribution in [3.8, 4) is 17.0 Å². The zero-order valence-electron chi connectivity index (χ0n) is 11.5. The van der Waals surface area contributed by atoms with E-state index in [0.29, 0.717) is 5.75 Å². The molecule has 1 aromatic carbocycles. The van der Waals surface area contributed by atoms with Gasteiger partial charge in [-0.15, -0.1) is 11.3 Å². The second-order valence-electron chi connectivity index (χ2n) is 4.44. The molecule has 0 unspecified atom stereocenters. The number of aromatic nitrogens is 2. The summed E-state index contributed by atoms with van der Waals surface area (Å²) in [6.07, 6.45) is 6.40. The van der Waals surface area contributed by atoms with E-state index in [2.05, 4.69) is 9.97 Å². The second-order valence-corrected chi connectivity index (χ2v) is 5.16. The standard InChI is InChI=1S/C17H12N2O2S/c20-17(8-3-13-2-1-9-18-10-13)21-15-6-4-14(5-7-15)16-11-22-12-19-16/h1-12H/b8-3+. The molecule has 0 fully saturated rings. The summed E-state index contributed by atoms with van der Waals surface area (Å²) in [6.45, 7) is 0. The number of hydrogen-bond donors (Lipinski definition) is 0. The molecular weight excluding hydrogens is 296 g/mol. The molecule has 0 aliphatic rings. The first-order valence-electron chi connectivity index (χ1n) is 6.60. The average Bonchev–Trinajstić information content (AvgIpc) is 3.09. The molecule has 5 heteroatoms. The van der Waals surface area contributed by atoms with E-state index in [0.717, 1.165) is 16.8 Å². The third-order valence-electron chi connectivity index (χ3n) is 2.90. The summed E-state index contributed by atoms with van der Waals surface area (Å²) in [5.41, 5.74) is 4.54. The van der Waals surface area contributed by atoms with E-state index in [1.54, 1.807) is 47.4 Å². The largest absolute Gasteiger partial charge is 0.423 e. The molecule has 0 saturated carbocycles. The molecule has 0 bridgehead atoms. The highest BCUT2D eigenvalue weighted by atomic mass is 32.1. The molecule has 22 heavy (non-hydrogen) atoms. The van der Waals surface area contributed by atoms with Crippen LogP contribution in [0.3, 0.4) is 0 Å². The highest BCUT2D eigenvalue weighted by Gasteiger charge is 2.03. The van der Waals surface area contributed by atoms with Crippen molar-refractivity contribution in [3.05, 3.63) is 71.3 Å². The summed E-state index contributed by atoms with van der Waals surface area (Å²) in [5, 5.41) is 1.97. The number of rotatable bonds is 4. The molecular formula is C17H12N2O2S. The van der Waals surface area contributed by atoms with Crippen LogP contribution in [0.4, 0.5) is 0 Å². The number of esters is 1. The van der Waals surface area contributed by atoms with E-state index in [9.17, 15) is 4.79 Å². The Morgan fingerprint density at radius 1 is 1.18 bits per heavy atom. The minimum absolute atomic E-state index is 0.426. The van der Waals surface area contributed by atoms with E-state index in [4.69, 9.17) is 4.74 Å². The number of thiazole rings is 1. The van der Waals surface area contributed by atoms with Crippen molar-refractivity contribution in [1.82, 2.24) is 9.97 Å². The van der Waals surface area contributed by atoms with Crippen LogP contribution < -0.4 is 4.74 Å². The Bertz CT molecular complexity index is 766. The molecule has 0 spiro atoms. The van der Waals surface area contributed by atoms with Gasteiger partial charge in [-0.25, -0.2) is 9.78 Å². The van der Waals surface area contributed by atoms with Crippen molar-refractivity contribution >= 4 is 23.4 Å². The van der Waals surface area contributed by atoms with Crippen LogP contribution in [0, 0.1) is 0 Å². The van der Waals surface area contributed by atoms with E-state index in [1.165, 1.54) is 6.08 Å². The highest BCUT2D eigenvalue weighted by Crippen LogP contribution is 2.22. The molecule has 0 atom stereocenters. The van der Waals surface area contributed by atoms with Gasteiger partial charge in [0.2, 0.25) is 0 Å². The summed E-state index contributed by atoms with van der Waals surface area (Å²) in [6, 6.07) is 10.9. The van der Waals surface area contributed by atoms with Gasteiger partial charge in [0.15, 0.2) is 0 Å². The summed E-state index contributed by atoms with van der Waals surface area (Å²) in [5.74, 6) is 0.0741. The molecule has 0 radical (unpaired) electrons. The Balaban J connectivity index is 1.63. The van der Waals surface area contributed by atoms with Gasteiger partial charge in [0.1, 0.15) is 5.75 Å². The van der Waals surface area contributed by atoms with Gasteiger partial charge >= 0.3 is 5.97 Å². The number of pyridine rings is 1. The molecule has 0 saturated heterocycles. The van der Waals surface area contributed by atoms with E-state index >= 15 is 0 Å². The van der Waals surface area contributed by atoms with E-state index in [-0.39, 0.29) is 0 Å². The van der Waals surface area contributed by atoms with Crippen LogP contribution in [0.2, 0.25) is 0 Å². The molecule has 0 aliphatic carbocycles. The summed E-state index contributed by atoms with van der Waals surface area (Å²) in [7, 11) is 0. The predicted octanol–water partition coefficient (Wildman–Crippen LogP) is 3.82. The molecule has 3 aromatic rings. The quantitative estimate of drug-likeness (QED) is 0.417. The maximum Gasteiger partial charge on any atom is 0.336 e. The van der Waals surface area contributed by atoms with Crippen molar-refractivity contribution in [2.45, 2.75) is 0 Å². The van der Waals surface area contributed by atoms with Crippen LogP contribution in [0.25, 0.3) is 17.3 Å². The lowest BCUT2D eigenvalue weighted by Gasteiger charge is -2.02. The van der Waals surface area contributed by atoms with Gasteiger partial charge < -0.3 is 4.74 Å². The van der Waals surface area contributed by atoms with Crippen LogP contribution in [0.15, 0.2) is 65.8 Å². The lowest BCUT2D eigenvalue weighted by atomic mass is 10.2. The zero-order chi connectivity index (χ0) is 15.2. The minimum Gasteiger partial charge on any atom is -0.423 e. The molecule has 0 amide bonds. The molecule has 4 nitrogen and oxygen atoms in total. The first-order valence-corrected chi connectivity index (χ1v) is 7.54. The van der Waals surface area contributed by atoms with Crippen molar-refractivity contribution in [2.75, 3.05) is 0 Å². The fraction of sp³-hybridized carbons (Fsp3) is 0. The Kier molecular flexibility index (Phi) is 4.36. The van der Waals surface area contributed by atoms with Gasteiger partial charge in [-0.3, -0.25) is 4.98 Å². The van der Waals surface area contributed by atoms with Crippen LogP contribution in [0.1, 0.15) is 5.56 Å². The topological polar surface area (TPSA) is 52.1 Å². The van der Waals surface area contributed by atoms with Crippen LogP contribution in [-0.4, -0.2) is 15.9 Å². The summed E-state index contributed by atoms with van der Waals surface area (Å²) >= 11 is 1.54. The fourth-order valence-electron chi connectivity index (χ4n) is 1.84. The average molecular weight is 308 g/mol. The van der Waals surface area contributed by atoms with Crippen LogP contribution >= 0.6 is 11.3 Å². The molecule has 108 valence electrons. The Hall–Kier alpha value is -2.79. The lowest BCUT2D eigenvalue weighted by Crippen LogP contribution is -2.03. The van der Waals surface area contributed by atoms with Crippen molar-refractivity contribution in [2.24, 2.45) is 0 Å². The van der Waals surface area contributed by atoms with Gasteiger partial charge in [0.25, 0.3) is 0 Å². The van der Waals surface area contributed by atoms with E-state index in [1.807, 2.05) is 29.6 Å². The molecule has 0 N–H and O–H groups in total. The molecule has 0 aliphatic heterocycles. The summed E-state index contributed by atoms with van der Waals surface area (Å²) < 4.78 is 5.24. The number of ether oxygens (including phenoxy) is 1. The Morgan fingerprint density at radius 2 is 2.05 bits per heavy atom. The maximum absolute atomic E-state index is 11.8. The smallest absolute Gasteiger partial charge is 0.336 e. The summed E-state index contributed by atoms with van der Waals surface area (Å²) in [4.78, 5) is 20.0. The third kappa shape index (κ3) is 3.65. The minimum atomic E-state index is -0.426. The number of carbonyl (C=O) groups excluding carboxylic acids is 1. The maximum atomic E-state index is 11.8. The molecule has 2 aromatic heterocycles. The number of benzene rings is 1. The van der Waals surface area contributed by atoms with Gasteiger partial charge in [0.05, 0.1) is 11.2 Å². The fourth-order valence-corrected chi connectivity index (χ4v) is 2.40. The predicted molar refractivity (Wildman–Crippen MR) is 86.5 cm³/mol. The first kappa shape index (κ1) is 14.2. The van der Waals surface area contributed by atoms with Crippen molar-refractivity contribution in [3.63, 3.8) is 0 Å². The Labute approximate surface area is 131 Å². The third-order valence-corrected chi connectivity index (χ3v) is 3.48. The number of hydrogen-bond acceptors (Lipinski definition) is 5. The van der Waals surface area contributed by atoms with Crippen molar-refractivity contribution in [1.29, 1.82) is 0 Å². The van der Waals surface area contributed by atoms with E-state index < -0.39 is 5.97 Å². The normalized spacial score (nSPS) is 10.7. The first-order chi connectivity index (χ1) is 10.8. The lowest BCUT2D eigenvalue weighted by molar-refractivity contribution is -0.128. The van der Waals surface area contributed by atoms with Gasteiger partial charge in [-0.2, -0.15) is 0 Å². The number of carbonyl (C=O) groups is 1. The van der Waals surface area contributed by atoms with Crippen molar-refractivity contribution < 1.29 is 9.53 Å². The highest BCUT2D eigenvalue weighted by molar-refractivity contribution is 7.07. The number of nitrogens with zero attached hydrogens (tertiary/aromatic N) is 2. The van der Waals surface area contributed by atoms with Crippen LogP contribution in [0.5, 0.6) is 5.75 Å². The van der Waals surface area contributed by atoms with Gasteiger partial charge in [-0.1, -0.05) is 6.07 Å². The molecule has 3 rings (SSSR count). The SMILES string of the molecule is O=C(/C=C/c1cccnc1)Oc1ccc(-c2cscn2)cc1. The monoisotopic (exact) mass is 308 g/mol. The zero-order valence-corrected chi connectivity index (χ0v) is 12.4. The van der Waals surface area contributed by atoms with Gasteiger partial charge in [-0.05, 0) is 42.0 Å². The Morgan fingerprint density at radius 3 is 2.73 bits per heavy atom. The molecule has 2 heterocycles. The van der Waals surface area contributed by atoms with Crippen LogP contribution in [-0.2, 0) is 4.79 Å².